The molecule has 1 amide bonds. The number of rotatable bonds is 6. The minimum absolute atomic E-state index is 0.135. The van der Waals surface area contributed by atoms with Gasteiger partial charge in [0.2, 0.25) is 5.91 Å². The third-order valence-electron chi connectivity index (χ3n) is 4.75. The summed E-state index contributed by atoms with van der Waals surface area (Å²) < 4.78 is 1.98. The third-order valence-corrected chi connectivity index (χ3v) is 6.08. The first-order valence-corrected chi connectivity index (χ1v) is 11.1. The molecule has 0 radical (unpaired) electrons. The molecule has 0 saturated carbocycles. The summed E-state index contributed by atoms with van der Waals surface area (Å²) in [5.74, 6) is 0.798. The van der Waals surface area contributed by atoms with Crippen molar-refractivity contribution < 1.29 is 4.79 Å². The summed E-state index contributed by atoms with van der Waals surface area (Å²) in [6.45, 7) is 3.97. The quantitative estimate of drug-likeness (QED) is 0.371. The third kappa shape index (κ3) is 4.98. The molecule has 1 aromatic heterocycles. The first-order valence-electron chi connectivity index (χ1n) is 9.78. The Balaban J connectivity index is 1.57. The number of carbonyl (C=O) groups is 1. The van der Waals surface area contributed by atoms with Gasteiger partial charge in [-0.2, -0.15) is 0 Å². The van der Waals surface area contributed by atoms with Gasteiger partial charge >= 0.3 is 0 Å². The molecule has 156 valence electrons. The molecule has 0 unspecified atom stereocenters. The zero-order valence-corrected chi connectivity index (χ0v) is 18.7. The van der Waals surface area contributed by atoms with E-state index in [0.717, 1.165) is 22.6 Å². The molecule has 1 N–H and O–H groups in total. The molecular weight excluding hydrogens is 428 g/mol. The molecule has 5 nitrogen and oxygen atoms in total. The maximum absolute atomic E-state index is 12.5. The van der Waals surface area contributed by atoms with Gasteiger partial charge in [0.15, 0.2) is 11.0 Å². The maximum atomic E-state index is 12.5. The number of benzene rings is 3. The smallest absolute Gasteiger partial charge is 0.234 e. The summed E-state index contributed by atoms with van der Waals surface area (Å²) in [6.07, 6.45) is 0. The van der Waals surface area contributed by atoms with Crippen molar-refractivity contribution in [1.29, 1.82) is 0 Å². The fourth-order valence-corrected chi connectivity index (χ4v) is 3.99. The molecule has 0 saturated heterocycles. The number of hydrogen-bond acceptors (Lipinski definition) is 4. The fraction of sp³-hybridized carbons (Fsp3) is 0.125. The Morgan fingerprint density at radius 3 is 2.45 bits per heavy atom. The van der Waals surface area contributed by atoms with Crippen LogP contribution in [0.3, 0.4) is 0 Å². The van der Waals surface area contributed by atoms with Crippen LogP contribution in [0, 0.1) is 13.8 Å². The Labute approximate surface area is 190 Å². The second-order valence-electron chi connectivity index (χ2n) is 7.14. The van der Waals surface area contributed by atoms with Crippen molar-refractivity contribution in [3.8, 4) is 17.1 Å². The number of hydrogen-bond donors (Lipinski definition) is 1. The van der Waals surface area contributed by atoms with Crippen LogP contribution < -0.4 is 5.32 Å². The average Bonchev–Trinajstić information content (AvgIpc) is 3.20. The normalized spacial score (nSPS) is 10.8. The lowest BCUT2D eigenvalue weighted by atomic mass is 10.2. The summed E-state index contributed by atoms with van der Waals surface area (Å²) in [4.78, 5) is 12.5. The number of anilines is 1. The van der Waals surface area contributed by atoms with Gasteiger partial charge < -0.3 is 5.32 Å². The van der Waals surface area contributed by atoms with E-state index in [1.165, 1.54) is 17.3 Å². The Morgan fingerprint density at radius 2 is 1.74 bits per heavy atom. The molecule has 31 heavy (non-hydrogen) atoms. The van der Waals surface area contributed by atoms with Gasteiger partial charge in [0, 0.05) is 22.0 Å². The Bertz CT molecular complexity index is 1210. The molecule has 0 aliphatic carbocycles. The lowest BCUT2D eigenvalue weighted by Crippen LogP contribution is -2.14. The van der Waals surface area contributed by atoms with Crippen LogP contribution >= 0.6 is 23.4 Å². The van der Waals surface area contributed by atoms with Crippen molar-refractivity contribution in [1.82, 2.24) is 14.8 Å². The summed E-state index contributed by atoms with van der Waals surface area (Å²) in [5.41, 5.74) is 4.71. The molecule has 4 rings (SSSR count). The largest absolute Gasteiger partial charge is 0.325 e. The summed E-state index contributed by atoms with van der Waals surface area (Å²) in [6, 6.07) is 23.5. The van der Waals surface area contributed by atoms with Crippen LogP contribution in [0.4, 0.5) is 5.69 Å². The Kier molecular flexibility index (Phi) is 6.39. The maximum Gasteiger partial charge on any atom is 0.234 e. The van der Waals surface area contributed by atoms with Crippen LogP contribution in [0.5, 0.6) is 0 Å². The second-order valence-corrected chi connectivity index (χ2v) is 8.49. The summed E-state index contributed by atoms with van der Waals surface area (Å²) in [7, 11) is 0. The van der Waals surface area contributed by atoms with Crippen LogP contribution in [0.25, 0.3) is 17.1 Å². The van der Waals surface area contributed by atoms with Gasteiger partial charge in [-0.25, -0.2) is 0 Å². The van der Waals surface area contributed by atoms with E-state index in [-0.39, 0.29) is 11.7 Å². The van der Waals surface area contributed by atoms with Crippen molar-refractivity contribution in [2.24, 2.45) is 0 Å². The monoisotopic (exact) mass is 448 g/mol. The number of amides is 1. The van der Waals surface area contributed by atoms with Crippen LogP contribution in [0.1, 0.15) is 11.1 Å². The van der Waals surface area contributed by atoms with Crippen LogP contribution in [-0.4, -0.2) is 26.4 Å². The Hall–Kier alpha value is -3.09. The van der Waals surface area contributed by atoms with Crippen molar-refractivity contribution in [2.75, 3.05) is 11.1 Å². The van der Waals surface area contributed by atoms with E-state index in [1.807, 2.05) is 85.1 Å². The number of aromatic nitrogens is 3. The van der Waals surface area contributed by atoms with Gasteiger partial charge in [0.25, 0.3) is 0 Å². The number of nitrogens with one attached hydrogen (secondary N) is 1. The average molecular weight is 449 g/mol. The van der Waals surface area contributed by atoms with Crippen LogP contribution in [-0.2, 0) is 4.79 Å². The SMILES string of the molecule is Cc1ccc(-n2c(SCC(=O)Nc3ccc(C)c(Cl)c3)nnc2-c2ccccc2)cc1. The number of thioether (sulfide) groups is 1. The van der Waals surface area contributed by atoms with E-state index >= 15 is 0 Å². The first-order chi connectivity index (χ1) is 15.0. The highest BCUT2D eigenvalue weighted by Gasteiger charge is 2.17. The number of halogens is 1. The zero-order chi connectivity index (χ0) is 21.8. The first kappa shape index (κ1) is 21.2. The molecule has 1 heterocycles. The highest BCUT2D eigenvalue weighted by Crippen LogP contribution is 2.28. The van der Waals surface area contributed by atoms with Crippen LogP contribution in [0.2, 0.25) is 5.02 Å². The molecule has 4 aromatic rings. The van der Waals surface area contributed by atoms with E-state index in [4.69, 9.17) is 11.6 Å². The molecular formula is C24H21ClN4OS. The predicted molar refractivity (Wildman–Crippen MR) is 127 cm³/mol. The molecule has 0 atom stereocenters. The highest BCUT2D eigenvalue weighted by atomic mass is 35.5. The van der Waals surface area contributed by atoms with Gasteiger partial charge in [-0.05, 0) is 43.7 Å². The number of nitrogens with zero attached hydrogens (tertiary/aromatic N) is 3. The second kappa shape index (κ2) is 9.37. The standard InChI is InChI=1S/C24H21ClN4OS/c1-16-8-12-20(13-9-16)29-23(18-6-4-3-5-7-18)27-28-24(29)31-15-22(30)26-19-11-10-17(2)21(25)14-19/h3-14H,15H2,1-2H3,(H,26,30). The van der Waals surface area contributed by atoms with E-state index in [0.29, 0.717) is 15.9 Å². The highest BCUT2D eigenvalue weighted by molar-refractivity contribution is 7.99. The van der Waals surface area contributed by atoms with Crippen molar-refractivity contribution >= 4 is 35.0 Å². The summed E-state index contributed by atoms with van der Waals surface area (Å²) in [5, 5.41) is 12.9. The molecule has 0 bridgehead atoms. The van der Waals surface area contributed by atoms with Gasteiger partial charge in [-0.1, -0.05) is 77.5 Å². The molecule has 0 aliphatic rings. The zero-order valence-electron chi connectivity index (χ0n) is 17.2. The van der Waals surface area contributed by atoms with E-state index in [1.54, 1.807) is 6.07 Å². The van der Waals surface area contributed by atoms with Gasteiger partial charge in [-0.15, -0.1) is 10.2 Å². The molecule has 3 aromatic carbocycles. The molecule has 0 aliphatic heterocycles. The van der Waals surface area contributed by atoms with Gasteiger partial charge in [0.05, 0.1) is 5.75 Å². The number of aryl methyl sites for hydroxylation is 2. The summed E-state index contributed by atoms with van der Waals surface area (Å²) >= 11 is 7.49. The van der Waals surface area contributed by atoms with Crippen molar-refractivity contribution in [2.45, 2.75) is 19.0 Å². The topological polar surface area (TPSA) is 59.8 Å². The van der Waals surface area contributed by atoms with Gasteiger partial charge in [0.1, 0.15) is 0 Å². The van der Waals surface area contributed by atoms with E-state index in [9.17, 15) is 4.79 Å². The fourth-order valence-electron chi connectivity index (χ4n) is 3.06. The minimum atomic E-state index is -0.135. The Morgan fingerprint density at radius 1 is 1.00 bits per heavy atom. The van der Waals surface area contributed by atoms with Crippen molar-refractivity contribution in [3.05, 3.63) is 88.9 Å². The number of carbonyl (C=O) groups excluding carboxylic acids is 1. The molecule has 0 fully saturated rings. The van der Waals surface area contributed by atoms with E-state index < -0.39 is 0 Å². The van der Waals surface area contributed by atoms with Crippen LogP contribution in [0.15, 0.2) is 78.0 Å². The molecule has 7 heteroatoms. The minimum Gasteiger partial charge on any atom is -0.325 e. The lowest BCUT2D eigenvalue weighted by Gasteiger charge is -2.11. The van der Waals surface area contributed by atoms with E-state index in [2.05, 4.69) is 15.5 Å². The van der Waals surface area contributed by atoms with Gasteiger partial charge in [-0.3, -0.25) is 9.36 Å². The molecule has 0 spiro atoms. The lowest BCUT2D eigenvalue weighted by molar-refractivity contribution is -0.113. The predicted octanol–water partition coefficient (Wildman–Crippen LogP) is 5.94. The van der Waals surface area contributed by atoms with Crippen molar-refractivity contribution in [3.63, 3.8) is 0 Å².